The number of nitrogens with one attached hydrogen (secondary N) is 1. The Morgan fingerprint density at radius 2 is 2.00 bits per heavy atom. The SMILES string of the molecule is O=C(NCc1nccnc1Cl)C1CC2COCC2N1C(=O)OCc1ccccc1. The van der Waals surface area contributed by atoms with Gasteiger partial charge in [-0.15, -0.1) is 0 Å². The summed E-state index contributed by atoms with van der Waals surface area (Å²) in [7, 11) is 0. The number of halogens is 1. The van der Waals surface area contributed by atoms with Gasteiger partial charge < -0.3 is 14.8 Å². The summed E-state index contributed by atoms with van der Waals surface area (Å²) in [5, 5.41) is 3.05. The van der Waals surface area contributed by atoms with Crippen LogP contribution in [0.15, 0.2) is 42.7 Å². The van der Waals surface area contributed by atoms with Gasteiger partial charge in [0.15, 0.2) is 5.15 Å². The van der Waals surface area contributed by atoms with Crippen LogP contribution in [0.2, 0.25) is 5.15 Å². The van der Waals surface area contributed by atoms with Crippen LogP contribution in [0.1, 0.15) is 17.7 Å². The summed E-state index contributed by atoms with van der Waals surface area (Å²) in [6.45, 7) is 1.23. The topological polar surface area (TPSA) is 93.6 Å². The van der Waals surface area contributed by atoms with Crippen molar-refractivity contribution in [1.82, 2.24) is 20.2 Å². The van der Waals surface area contributed by atoms with Gasteiger partial charge in [-0.25, -0.2) is 9.78 Å². The molecular formula is C20H21ClN4O4. The number of nitrogens with zero attached hydrogens (tertiary/aromatic N) is 3. The number of hydrogen-bond acceptors (Lipinski definition) is 6. The predicted octanol–water partition coefficient (Wildman–Crippen LogP) is 2.17. The fourth-order valence-corrected chi connectivity index (χ4v) is 3.97. The Morgan fingerprint density at radius 3 is 2.79 bits per heavy atom. The minimum Gasteiger partial charge on any atom is -0.445 e. The van der Waals surface area contributed by atoms with Crippen LogP contribution in [0.5, 0.6) is 0 Å². The molecule has 3 heterocycles. The molecule has 0 bridgehead atoms. The van der Waals surface area contributed by atoms with Gasteiger partial charge in [0, 0.05) is 18.3 Å². The maximum atomic E-state index is 12.9. The standard InChI is InChI=1S/C20H21ClN4O4/c21-18-15(22-6-7-23-18)9-24-19(26)16-8-14-11-28-12-17(14)25(16)20(27)29-10-13-4-2-1-3-5-13/h1-7,14,16-17H,8-12H2,(H,24,26). The Morgan fingerprint density at radius 1 is 1.21 bits per heavy atom. The van der Waals surface area contributed by atoms with Gasteiger partial charge in [0.2, 0.25) is 5.91 Å². The van der Waals surface area contributed by atoms with Gasteiger partial charge in [-0.3, -0.25) is 14.7 Å². The Kier molecular flexibility index (Phi) is 5.92. The molecule has 1 N–H and O–H groups in total. The van der Waals surface area contributed by atoms with Crippen LogP contribution in [0.3, 0.4) is 0 Å². The second kappa shape index (κ2) is 8.75. The first-order valence-electron chi connectivity index (χ1n) is 9.43. The first kappa shape index (κ1) is 19.6. The number of amides is 2. The summed E-state index contributed by atoms with van der Waals surface area (Å²) < 4.78 is 11.0. The zero-order valence-electron chi connectivity index (χ0n) is 15.7. The van der Waals surface area contributed by atoms with Crippen LogP contribution in [-0.2, 0) is 27.4 Å². The van der Waals surface area contributed by atoms with E-state index in [-0.39, 0.29) is 36.2 Å². The maximum Gasteiger partial charge on any atom is 0.411 e. The Bertz CT molecular complexity index is 882. The van der Waals surface area contributed by atoms with Crippen molar-refractivity contribution in [2.24, 2.45) is 5.92 Å². The zero-order valence-corrected chi connectivity index (χ0v) is 16.4. The Balaban J connectivity index is 1.42. The van der Waals surface area contributed by atoms with E-state index in [0.29, 0.717) is 25.3 Å². The minimum atomic E-state index is -0.618. The van der Waals surface area contributed by atoms with Crippen LogP contribution in [0.25, 0.3) is 0 Å². The molecule has 3 atom stereocenters. The molecule has 2 aromatic rings. The molecule has 1 aromatic heterocycles. The first-order chi connectivity index (χ1) is 14.1. The number of carbonyl (C=O) groups is 2. The van der Waals surface area contributed by atoms with E-state index >= 15 is 0 Å². The van der Waals surface area contributed by atoms with Crippen molar-refractivity contribution < 1.29 is 19.1 Å². The molecule has 0 aliphatic carbocycles. The van der Waals surface area contributed by atoms with Crippen LogP contribution in [0.4, 0.5) is 4.79 Å². The van der Waals surface area contributed by atoms with Gasteiger partial charge in [-0.1, -0.05) is 41.9 Å². The van der Waals surface area contributed by atoms with E-state index in [1.807, 2.05) is 30.3 Å². The van der Waals surface area contributed by atoms with Gasteiger partial charge in [0.25, 0.3) is 0 Å². The molecule has 8 nitrogen and oxygen atoms in total. The number of benzene rings is 1. The van der Waals surface area contributed by atoms with Gasteiger partial charge in [0.1, 0.15) is 12.6 Å². The van der Waals surface area contributed by atoms with Crippen molar-refractivity contribution >= 4 is 23.6 Å². The Hall–Kier alpha value is -2.71. The molecule has 29 heavy (non-hydrogen) atoms. The number of hydrogen-bond donors (Lipinski definition) is 1. The van der Waals surface area contributed by atoms with Gasteiger partial charge >= 0.3 is 6.09 Å². The van der Waals surface area contributed by atoms with Gasteiger partial charge in [0.05, 0.1) is 31.5 Å². The maximum absolute atomic E-state index is 12.9. The highest BCUT2D eigenvalue weighted by molar-refractivity contribution is 6.29. The summed E-state index contributed by atoms with van der Waals surface area (Å²) in [6, 6.07) is 8.65. The van der Waals surface area contributed by atoms with E-state index in [1.54, 1.807) is 0 Å². The molecule has 9 heteroatoms. The van der Waals surface area contributed by atoms with Crippen molar-refractivity contribution in [2.45, 2.75) is 31.7 Å². The van der Waals surface area contributed by atoms with E-state index < -0.39 is 12.1 Å². The largest absolute Gasteiger partial charge is 0.445 e. The quantitative estimate of drug-likeness (QED) is 0.802. The monoisotopic (exact) mass is 416 g/mol. The molecule has 3 unspecified atom stereocenters. The molecular weight excluding hydrogens is 396 g/mol. The number of ether oxygens (including phenoxy) is 2. The number of carbonyl (C=O) groups excluding carboxylic acids is 2. The number of rotatable bonds is 5. The fourth-order valence-electron chi connectivity index (χ4n) is 3.80. The van der Waals surface area contributed by atoms with E-state index in [9.17, 15) is 9.59 Å². The van der Waals surface area contributed by atoms with E-state index in [1.165, 1.54) is 17.3 Å². The summed E-state index contributed by atoms with van der Waals surface area (Å²) in [6.07, 6.45) is 3.02. The lowest BCUT2D eigenvalue weighted by atomic mass is 10.0. The Labute approximate surface area is 173 Å². The molecule has 0 saturated carbocycles. The molecule has 2 aliphatic rings. The van der Waals surface area contributed by atoms with Crippen LogP contribution in [0, 0.1) is 5.92 Å². The van der Waals surface area contributed by atoms with Crippen molar-refractivity contribution in [2.75, 3.05) is 13.2 Å². The fraction of sp³-hybridized carbons (Fsp3) is 0.400. The molecule has 4 rings (SSSR count). The van der Waals surface area contributed by atoms with Crippen molar-refractivity contribution in [3.05, 3.63) is 59.1 Å². The number of fused-ring (bicyclic) bond motifs is 1. The molecule has 2 saturated heterocycles. The average Bonchev–Trinajstić information content (AvgIpc) is 3.33. The highest BCUT2D eigenvalue weighted by Crippen LogP contribution is 2.35. The summed E-state index contributed by atoms with van der Waals surface area (Å²) in [4.78, 5) is 35.3. The van der Waals surface area contributed by atoms with Crippen LogP contribution >= 0.6 is 11.6 Å². The summed E-state index contributed by atoms with van der Waals surface area (Å²) in [5.74, 6) is -0.145. The number of likely N-dealkylation sites (tertiary alicyclic amines) is 1. The van der Waals surface area contributed by atoms with Crippen LogP contribution in [-0.4, -0.2) is 52.2 Å². The smallest absolute Gasteiger partial charge is 0.411 e. The molecule has 2 amide bonds. The molecule has 2 aliphatic heterocycles. The second-order valence-corrected chi connectivity index (χ2v) is 7.43. The highest BCUT2D eigenvalue weighted by Gasteiger charge is 2.50. The van der Waals surface area contributed by atoms with Gasteiger partial charge in [-0.2, -0.15) is 0 Å². The third-order valence-electron chi connectivity index (χ3n) is 5.26. The second-order valence-electron chi connectivity index (χ2n) is 7.08. The average molecular weight is 417 g/mol. The zero-order chi connectivity index (χ0) is 20.2. The van der Waals surface area contributed by atoms with E-state index in [0.717, 1.165) is 5.56 Å². The third kappa shape index (κ3) is 4.33. The van der Waals surface area contributed by atoms with Crippen molar-refractivity contribution in [3.8, 4) is 0 Å². The van der Waals surface area contributed by atoms with E-state index in [2.05, 4.69) is 15.3 Å². The van der Waals surface area contributed by atoms with Crippen LogP contribution < -0.4 is 5.32 Å². The third-order valence-corrected chi connectivity index (χ3v) is 5.57. The molecule has 1 aromatic carbocycles. The summed E-state index contributed by atoms with van der Waals surface area (Å²) >= 11 is 6.00. The van der Waals surface area contributed by atoms with Crippen molar-refractivity contribution in [1.29, 1.82) is 0 Å². The minimum absolute atomic E-state index is 0.120. The predicted molar refractivity (Wildman–Crippen MR) is 104 cm³/mol. The van der Waals surface area contributed by atoms with E-state index in [4.69, 9.17) is 21.1 Å². The number of aromatic nitrogens is 2. The van der Waals surface area contributed by atoms with Gasteiger partial charge in [-0.05, 0) is 12.0 Å². The molecule has 0 radical (unpaired) electrons. The lowest BCUT2D eigenvalue weighted by Gasteiger charge is -2.27. The normalized spacial score (nSPS) is 22.9. The lowest BCUT2D eigenvalue weighted by Crippen LogP contribution is -2.49. The van der Waals surface area contributed by atoms with Crippen molar-refractivity contribution in [3.63, 3.8) is 0 Å². The highest BCUT2D eigenvalue weighted by atomic mass is 35.5. The molecule has 152 valence electrons. The molecule has 2 fully saturated rings. The molecule has 0 spiro atoms. The summed E-state index contributed by atoms with van der Waals surface area (Å²) in [5.41, 5.74) is 1.36. The first-order valence-corrected chi connectivity index (χ1v) is 9.81. The lowest BCUT2D eigenvalue weighted by molar-refractivity contribution is -0.126.